The third-order valence-corrected chi connectivity index (χ3v) is 17.8. The van der Waals surface area contributed by atoms with E-state index in [-0.39, 0.29) is 97.8 Å². The summed E-state index contributed by atoms with van der Waals surface area (Å²) < 4.78 is 28.3. The number of amides is 8. The summed E-state index contributed by atoms with van der Waals surface area (Å²) in [5, 5.41) is 8.55. The molecule has 6 aliphatic rings. The number of fused-ring (bicyclic) bond motifs is 3. The standard InChI is InChI=1S/C60H75F2N9O9/c1-60(61,62)39-16-19-45-38(30-39)31-48(64-45)54(75)66-47-20-17-40(68(2)3)32-41-18-22-50(71(41)59(47)80)56(77)65-46(21-24-52(63)73)51(72)33-43(36-11-5-4-6-12-36)57(78)69-28-26-35(27-29-69)10-7-8-13-37-14-9-15-42-44(37)34-70(58(42)79)49-23-25-53(74)67-55(49)76/h9,14-16,19,30-31,35-36,40-41,43,46-47,49-50,64H,4-7,10-12,17-18,20-29,32-34H2,1-3H3,(H2,63,73)(H,65,77)(H,66,75)(H,67,74,76)/t40-,41-,43+,46+,47+,49?,50+/m1/s1. The number of likely N-dealkylation sites (tertiary alicyclic amines) is 1. The van der Waals surface area contributed by atoms with Gasteiger partial charge in [0.25, 0.3) is 17.7 Å². The van der Waals surface area contributed by atoms with E-state index in [1.807, 2.05) is 25.1 Å². The molecule has 0 spiro atoms. The summed E-state index contributed by atoms with van der Waals surface area (Å²) in [6, 6.07) is 6.69. The molecule has 18 nitrogen and oxygen atoms in total. The number of nitrogens with zero attached hydrogens (tertiary/aromatic N) is 4. The molecular weight excluding hydrogens is 1030 g/mol. The number of hydrogen-bond acceptors (Lipinski definition) is 10. The molecule has 1 aliphatic carbocycles. The minimum atomic E-state index is -3.09. The van der Waals surface area contributed by atoms with Crippen molar-refractivity contribution < 1.29 is 51.9 Å². The molecule has 3 aromatic rings. The average molecular weight is 1100 g/mol. The van der Waals surface area contributed by atoms with Gasteiger partial charge in [-0.1, -0.05) is 43.2 Å². The van der Waals surface area contributed by atoms with E-state index in [2.05, 4.69) is 37.7 Å². The number of benzene rings is 2. The summed E-state index contributed by atoms with van der Waals surface area (Å²) in [5.74, 6) is -0.694. The monoisotopic (exact) mass is 1100 g/mol. The minimum Gasteiger partial charge on any atom is -0.370 e. The molecule has 1 aromatic heterocycles. The normalized spacial score (nSPS) is 23.8. The number of ketones is 1. The Morgan fingerprint density at radius 2 is 1.68 bits per heavy atom. The van der Waals surface area contributed by atoms with E-state index in [9.17, 15) is 51.9 Å². The number of imide groups is 1. The zero-order valence-corrected chi connectivity index (χ0v) is 46.1. The summed E-state index contributed by atoms with van der Waals surface area (Å²) in [5.41, 5.74) is 7.99. The van der Waals surface area contributed by atoms with Crippen LogP contribution < -0.4 is 21.7 Å². The quantitative estimate of drug-likeness (QED) is 0.0829. The molecular formula is C60H75F2N9O9. The van der Waals surface area contributed by atoms with Crippen molar-refractivity contribution in [3.63, 3.8) is 0 Å². The number of carbonyl (C=O) groups excluding carboxylic acids is 9. The number of primary amides is 1. The first-order valence-electron chi connectivity index (χ1n) is 28.7. The fourth-order valence-corrected chi connectivity index (χ4v) is 13.2. The second-order valence-corrected chi connectivity index (χ2v) is 23.4. The lowest BCUT2D eigenvalue weighted by molar-refractivity contribution is -0.144. The van der Waals surface area contributed by atoms with Gasteiger partial charge in [0.2, 0.25) is 35.4 Å². The Balaban J connectivity index is 0.836. The van der Waals surface area contributed by atoms with E-state index >= 15 is 0 Å². The summed E-state index contributed by atoms with van der Waals surface area (Å²) in [6.45, 7) is 2.08. The van der Waals surface area contributed by atoms with Crippen molar-refractivity contribution in [1.82, 2.24) is 40.5 Å². The van der Waals surface area contributed by atoms with Crippen LogP contribution in [0.15, 0.2) is 42.5 Å². The van der Waals surface area contributed by atoms with Crippen LogP contribution in [-0.2, 0) is 46.0 Å². The van der Waals surface area contributed by atoms with Gasteiger partial charge in [-0.05, 0) is 139 Å². The second-order valence-electron chi connectivity index (χ2n) is 23.4. The molecule has 20 heteroatoms. The highest BCUT2D eigenvalue weighted by atomic mass is 19.3. The van der Waals surface area contributed by atoms with Gasteiger partial charge in [-0.2, -0.15) is 0 Å². The zero-order valence-electron chi connectivity index (χ0n) is 46.1. The van der Waals surface area contributed by atoms with E-state index in [1.165, 1.54) is 29.2 Å². The zero-order chi connectivity index (χ0) is 57.0. The molecule has 1 saturated carbocycles. The first kappa shape index (κ1) is 57.7. The summed E-state index contributed by atoms with van der Waals surface area (Å²) >= 11 is 0. The highest BCUT2D eigenvalue weighted by Crippen LogP contribution is 2.37. The number of Topliss-reactive ketones (excluding diaryl/α,β-unsaturated/α-hetero) is 1. The fourth-order valence-electron chi connectivity index (χ4n) is 13.2. The molecule has 4 saturated heterocycles. The lowest BCUT2D eigenvalue weighted by Crippen LogP contribution is -2.59. The molecule has 8 amide bonds. The number of alkyl halides is 2. The number of hydrogen-bond donors (Lipinski definition) is 5. The SMILES string of the molecule is CN(C)[C@@H]1CC[C@H](NC(=O)c2cc3cc(C(C)(F)F)ccc3[nH]2)C(=O)N2[C@H](CC[C@H]2C(=O)N[C@@H](CCC(N)=O)C(=O)C[C@H](C(=O)N2CCC(CCC#Cc3cccc4c3CN(C3CCC(=O)NC3=O)C4=O)CC2)C2CCCCC2)C1. The molecule has 6 N–H and O–H groups in total. The topological polar surface area (TPSA) is 244 Å². The van der Waals surface area contributed by atoms with Crippen LogP contribution in [0.4, 0.5) is 8.78 Å². The van der Waals surface area contributed by atoms with Crippen LogP contribution >= 0.6 is 0 Å². The molecule has 5 aliphatic heterocycles. The van der Waals surface area contributed by atoms with Crippen molar-refractivity contribution in [3.05, 3.63) is 70.4 Å². The first-order valence-corrected chi connectivity index (χ1v) is 28.7. The van der Waals surface area contributed by atoms with E-state index in [1.54, 1.807) is 17.0 Å². The van der Waals surface area contributed by atoms with Crippen molar-refractivity contribution in [3.8, 4) is 11.8 Å². The van der Waals surface area contributed by atoms with Gasteiger partial charge in [0.1, 0.15) is 23.8 Å². The highest BCUT2D eigenvalue weighted by Gasteiger charge is 2.47. The fraction of sp³-hybridized carbons (Fsp3) is 0.583. The minimum absolute atomic E-state index is 0.00343. The van der Waals surface area contributed by atoms with Crippen molar-refractivity contribution in [1.29, 1.82) is 0 Å². The Hall–Kier alpha value is -7.01. The Morgan fingerprint density at radius 1 is 0.912 bits per heavy atom. The van der Waals surface area contributed by atoms with Crippen LogP contribution in [0.2, 0.25) is 0 Å². The molecule has 2 aromatic carbocycles. The molecule has 7 atom stereocenters. The maximum atomic E-state index is 14.7. The molecule has 6 heterocycles. The van der Waals surface area contributed by atoms with Crippen molar-refractivity contribution >= 4 is 63.9 Å². The highest BCUT2D eigenvalue weighted by molar-refractivity contribution is 6.06. The Labute approximate surface area is 465 Å². The van der Waals surface area contributed by atoms with E-state index in [0.29, 0.717) is 67.6 Å². The number of halogens is 2. The Bertz CT molecular complexity index is 2960. The smallest absolute Gasteiger partial charge is 0.270 e. The molecule has 9 rings (SSSR count). The van der Waals surface area contributed by atoms with E-state index in [0.717, 1.165) is 69.4 Å². The first-order chi connectivity index (χ1) is 38.2. The Morgan fingerprint density at radius 3 is 2.39 bits per heavy atom. The molecule has 428 valence electrons. The maximum Gasteiger partial charge on any atom is 0.270 e. The number of carbonyl (C=O) groups is 9. The second kappa shape index (κ2) is 24.8. The molecule has 80 heavy (non-hydrogen) atoms. The number of nitrogens with one attached hydrogen (secondary N) is 4. The number of aromatic nitrogens is 1. The van der Waals surface area contributed by atoms with Crippen LogP contribution in [-0.4, -0.2) is 141 Å². The van der Waals surface area contributed by atoms with Gasteiger partial charge in [0.05, 0.1) is 6.04 Å². The summed E-state index contributed by atoms with van der Waals surface area (Å²) in [7, 11) is 3.88. The number of aromatic amines is 1. The summed E-state index contributed by atoms with van der Waals surface area (Å²) in [4.78, 5) is 132. The number of H-pyrrole nitrogens is 1. The lowest BCUT2D eigenvalue weighted by atomic mass is 9.76. The number of piperidine rings is 2. The van der Waals surface area contributed by atoms with Gasteiger partial charge < -0.3 is 41.0 Å². The van der Waals surface area contributed by atoms with Crippen LogP contribution in [0.25, 0.3) is 10.9 Å². The lowest BCUT2D eigenvalue weighted by Gasteiger charge is -2.39. The number of nitrogens with two attached hydrogens (primary N) is 1. The van der Waals surface area contributed by atoms with Crippen LogP contribution in [0.5, 0.6) is 0 Å². The van der Waals surface area contributed by atoms with Gasteiger partial charge >= 0.3 is 0 Å². The van der Waals surface area contributed by atoms with Gasteiger partial charge in [0, 0.05) is 97.8 Å². The third-order valence-electron chi connectivity index (χ3n) is 17.8. The maximum absolute atomic E-state index is 14.7. The van der Waals surface area contributed by atoms with Gasteiger partial charge in [-0.3, -0.25) is 48.5 Å². The van der Waals surface area contributed by atoms with Gasteiger partial charge in [0.15, 0.2) is 5.78 Å². The van der Waals surface area contributed by atoms with Crippen molar-refractivity contribution in [2.75, 3.05) is 27.2 Å². The largest absolute Gasteiger partial charge is 0.370 e. The van der Waals surface area contributed by atoms with Crippen molar-refractivity contribution in [2.24, 2.45) is 23.5 Å². The predicted octanol–water partition coefficient (Wildman–Crippen LogP) is 5.59. The molecule has 5 fully saturated rings. The summed E-state index contributed by atoms with van der Waals surface area (Å²) in [6.07, 6.45) is 9.65. The van der Waals surface area contributed by atoms with E-state index < -0.39 is 65.5 Å². The predicted molar refractivity (Wildman–Crippen MR) is 292 cm³/mol. The van der Waals surface area contributed by atoms with Crippen LogP contribution in [0.3, 0.4) is 0 Å². The van der Waals surface area contributed by atoms with Crippen molar-refractivity contribution in [2.45, 2.75) is 178 Å². The molecule has 0 bridgehead atoms. The van der Waals surface area contributed by atoms with Gasteiger partial charge in [-0.25, -0.2) is 8.78 Å². The van der Waals surface area contributed by atoms with Crippen LogP contribution in [0, 0.1) is 29.6 Å². The van der Waals surface area contributed by atoms with Crippen LogP contribution in [0.1, 0.15) is 166 Å². The molecule has 1 unspecified atom stereocenters. The number of rotatable bonds is 17. The van der Waals surface area contributed by atoms with E-state index in [4.69, 9.17) is 5.73 Å². The third kappa shape index (κ3) is 13.1. The molecule has 0 radical (unpaired) electrons. The van der Waals surface area contributed by atoms with Gasteiger partial charge in [-0.15, -0.1) is 0 Å². The average Bonchev–Trinajstić information content (AvgIpc) is 4.15. The Kier molecular flexibility index (Phi) is 17.9.